The number of carbonyl (C=O) groups is 2. The Bertz CT molecular complexity index is 1100. The summed E-state index contributed by atoms with van der Waals surface area (Å²) in [7, 11) is 0. The second-order valence-electron chi connectivity index (χ2n) is 7.34. The van der Waals surface area contributed by atoms with Crippen LogP contribution < -0.4 is 15.0 Å². The minimum atomic E-state index is -0.212. The van der Waals surface area contributed by atoms with Gasteiger partial charge in [0, 0.05) is 22.6 Å². The summed E-state index contributed by atoms with van der Waals surface area (Å²) in [6.45, 7) is 3.95. The molecular weight excluding hydrogens is 414 g/mol. The molecule has 0 bridgehead atoms. The summed E-state index contributed by atoms with van der Waals surface area (Å²) in [6.07, 6.45) is 2.04. The van der Waals surface area contributed by atoms with Gasteiger partial charge >= 0.3 is 0 Å². The molecule has 2 amide bonds. The lowest BCUT2D eigenvalue weighted by Crippen LogP contribution is -2.38. The lowest BCUT2D eigenvalue weighted by atomic mass is 10.1. The number of fused-ring (bicyclic) bond motifs is 1. The fourth-order valence-electron chi connectivity index (χ4n) is 3.46. The summed E-state index contributed by atoms with van der Waals surface area (Å²) in [4.78, 5) is 26.9. The first-order valence-corrected chi connectivity index (χ1v) is 11.2. The van der Waals surface area contributed by atoms with Crippen LogP contribution in [0.1, 0.15) is 32.9 Å². The molecule has 4 rings (SSSR count). The quantitative estimate of drug-likeness (QED) is 0.618. The fourth-order valence-corrected chi connectivity index (χ4v) is 3.99. The van der Waals surface area contributed by atoms with E-state index in [-0.39, 0.29) is 18.4 Å². The molecule has 1 N–H and O–H groups in total. The highest BCUT2D eigenvalue weighted by atomic mass is 32.2. The third kappa shape index (κ3) is 4.44. The summed E-state index contributed by atoms with van der Waals surface area (Å²) >= 11 is 1.73. The molecule has 0 radical (unpaired) electrons. The van der Waals surface area contributed by atoms with Crippen molar-refractivity contribution in [1.29, 1.82) is 0 Å². The van der Waals surface area contributed by atoms with E-state index in [0.29, 0.717) is 35.0 Å². The van der Waals surface area contributed by atoms with E-state index in [2.05, 4.69) is 10.5 Å². The number of rotatable bonds is 6. The second kappa shape index (κ2) is 8.85. The number of aromatic nitrogens is 1. The number of ether oxygens (including phenoxy) is 1. The van der Waals surface area contributed by atoms with Crippen LogP contribution in [0.2, 0.25) is 0 Å². The normalized spacial score (nSPS) is 13.0. The fraction of sp³-hybridized carbons (Fsp3) is 0.261. The molecule has 3 aromatic rings. The summed E-state index contributed by atoms with van der Waals surface area (Å²) in [5, 5.41) is 6.88. The number of hydrogen-bond donors (Lipinski definition) is 1. The van der Waals surface area contributed by atoms with Gasteiger partial charge in [-0.3, -0.25) is 9.59 Å². The average molecular weight is 438 g/mol. The Morgan fingerprint density at radius 1 is 1.19 bits per heavy atom. The monoisotopic (exact) mass is 437 g/mol. The number of nitrogens with one attached hydrogen (secondary N) is 1. The van der Waals surface area contributed by atoms with Gasteiger partial charge in [0.25, 0.3) is 11.8 Å². The van der Waals surface area contributed by atoms with E-state index in [1.54, 1.807) is 34.9 Å². The lowest BCUT2D eigenvalue weighted by Gasteiger charge is -2.29. The second-order valence-corrected chi connectivity index (χ2v) is 8.20. The number of benzene rings is 2. The van der Waals surface area contributed by atoms with Crippen molar-refractivity contribution in [2.75, 3.05) is 23.1 Å². The molecule has 0 saturated heterocycles. The van der Waals surface area contributed by atoms with Crippen LogP contribution >= 0.6 is 11.8 Å². The number of carbonyl (C=O) groups excluding carboxylic acids is 2. The largest absolute Gasteiger partial charge is 0.482 e. The number of thioether (sulfide) groups is 1. The van der Waals surface area contributed by atoms with Crippen molar-refractivity contribution in [2.24, 2.45) is 0 Å². The van der Waals surface area contributed by atoms with Gasteiger partial charge in [-0.15, -0.1) is 0 Å². The maximum Gasteiger partial charge on any atom is 0.265 e. The van der Waals surface area contributed by atoms with Gasteiger partial charge in [-0.2, -0.15) is 11.8 Å². The Labute approximate surface area is 184 Å². The van der Waals surface area contributed by atoms with E-state index in [1.165, 1.54) is 5.56 Å². The molecule has 0 aliphatic carbocycles. The van der Waals surface area contributed by atoms with Crippen LogP contribution in [-0.4, -0.2) is 29.8 Å². The zero-order valence-electron chi connectivity index (χ0n) is 17.6. The van der Waals surface area contributed by atoms with Crippen molar-refractivity contribution in [3.63, 3.8) is 0 Å². The Balaban J connectivity index is 1.57. The van der Waals surface area contributed by atoms with E-state index in [1.807, 2.05) is 44.4 Å². The molecule has 8 heteroatoms. The minimum absolute atomic E-state index is 0.0372. The lowest BCUT2D eigenvalue weighted by molar-refractivity contribution is -0.121. The van der Waals surface area contributed by atoms with Gasteiger partial charge in [0.2, 0.25) is 0 Å². The molecule has 2 heterocycles. The van der Waals surface area contributed by atoms with Gasteiger partial charge in [0.1, 0.15) is 11.5 Å². The standard InChI is InChI=1S/C23H23N3O4S/c1-14-19(15(2)30-25-14)11-26-20-10-18(8-9-21(20)29-12-22(26)27)24-23(28)17-6-4-16(5-7-17)13-31-3/h4-10H,11-13H2,1-3H3,(H,24,28). The number of hydrogen-bond acceptors (Lipinski definition) is 6. The highest BCUT2D eigenvalue weighted by molar-refractivity contribution is 7.97. The zero-order chi connectivity index (χ0) is 22.0. The van der Waals surface area contributed by atoms with Gasteiger partial charge in [-0.1, -0.05) is 17.3 Å². The van der Waals surface area contributed by atoms with E-state index in [9.17, 15) is 9.59 Å². The van der Waals surface area contributed by atoms with Crippen molar-refractivity contribution in [3.05, 3.63) is 70.6 Å². The third-order valence-corrected chi connectivity index (χ3v) is 5.81. The summed E-state index contributed by atoms with van der Waals surface area (Å²) < 4.78 is 10.8. The molecule has 1 aliphatic heterocycles. The molecule has 0 saturated carbocycles. The molecule has 1 aromatic heterocycles. The Morgan fingerprint density at radius 3 is 2.65 bits per heavy atom. The predicted octanol–water partition coefficient (Wildman–Crippen LogP) is 4.33. The van der Waals surface area contributed by atoms with Gasteiger partial charge in [0.15, 0.2) is 6.61 Å². The first-order chi connectivity index (χ1) is 15.0. The summed E-state index contributed by atoms with van der Waals surface area (Å²) in [6, 6.07) is 12.8. The van der Waals surface area contributed by atoms with Gasteiger partial charge in [-0.25, -0.2) is 0 Å². The maximum atomic E-state index is 12.7. The molecule has 7 nitrogen and oxygen atoms in total. The Morgan fingerprint density at radius 2 is 1.97 bits per heavy atom. The molecule has 160 valence electrons. The van der Waals surface area contributed by atoms with Crippen molar-refractivity contribution in [2.45, 2.75) is 26.1 Å². The molecule has 0 spiro atoms. The van der Waals surface area contributed by atoms with Crippen molar-refractivity contribution in [1.82, 2.24) is 5.16 Å². The number of anilines is 2. The molecule has 1 aliphatic rings. The van der Waals surface area contributed by atoms with Crippen molar-refractivity contribution in [3.8, 4) is 5.75 Å². The molecule has 0 atom stereocenters. The average Bonchev–Trinajstić information content (AvgIpc) is 3.08. The van der Waals surface area contributed by atoms with E-state index < -0.39 is 0 Å². The van der Waals surface area contributed by atoms with Gasteiger partial charge < -0.3 is 19.5 Å². The van der Waals surface area contributed by atoms with Crippen LogP contribution in [0.3, 0.4) is 0 Å². The Kier molecular flexibility index (Phi) is 5.99. The number of amides is 2. The highest BCUT2D eigenvalue weighted by Crippen LogP contribution is 2.36. The van der Waals surface area contributed by atoms with Crippen molar-refractivity contribution >= 4 is 35.0 Å². The molecule has 2 aromatic carbocycles. The van der Waals surface area contributed by atoms with E-state index in [4.69, 9.17) is 9.26 Å². The first kappa shape index (κ1) is 21.0. The van der Waals surface area contributed by atoms with Crippen LogP contribution in [0.15, 0.2) is 47.0 Å². The van der Waals surface area contributed by atoms with E-state index in [0.717, 1.165) is 17.0 Å². The van der Waals surface area contributed by atoms with Crippen LogP contribution in [0.4, 0.5) is 11.4 Å². The summed E-state index contributed by atoms with van der Waals surface area (Å²) in [5.41, 5.74) is 4.53. The number of aryl methyl sites for hydroxylation is 2. The molecule has 31 heavy (non-hydrogen) atoms. The molecule has 0 unspecified atom stereocenters. The minimum Gasteiger partial charge on any atom is -0.482 e. The topological polar surface area (TPSA) is 84.7 Å². The predicted molar refractivity (Wildman–Crippen MR) is 121 cm³/mol. The number of nitrogens with zero attached hydrogens (tertiary/aromatic N) is 2. The first-order valence-electron chi connectivity index (χ1n) is 9.84. The summed E-state index contributed by atoms with van der Waals surface area (Å²) in [5.74, 6) is 1.79. The van der Waals surface area contributed by atoms with Gasteiger partial charge in [0.05, 0.1) is 17.9 Å². The maximum absolute atomic E-state index is 12.7. The van der Waals surface area contributed by atoms with Gasteiger partial charge in [-0.05, 0) is 56.0 Å². The highest BCUT2D eigenvalue weighted by Gasteiger charge is 2.28. The molecular formula is C23H23N3O4S. The van der Waals surface area contributed by atoms with Crippen LogP contribution in [0, 0.1) is 13.8 Å². The van der Waals surface area contributed by atoms with Crippen LogP contribution in [-0.2, 0) is 17.1 Å². The molecule has 0 fully saturated rings. The SMILES string of the molecule is CSCc1ccc(C(=O)Nc2ccc3c(c2)N(Cc2c(C)noc2C)C(=O)CO3)cc1. The zero-order valence-corrected chi connectivity index (χ0v) is 18.4. The van der Waals surface area contributed by atoms with Crippen LogP contribution in [0.25, 0.3) is 0 Å². The Hall–Kier alpha value is -3.26. The smallest absolute Gasteiger partial charge is 0.265 e. The van der Waals surface area contributed by atoms with E-state index >= 15 is 0 Å². The van der Waals surface area contributed by atoms with Crippen LogP contribution in [0.5, 0.6) is 5.75 Å². The third-order valence-electron chi connectivity index (χ3n) is 5.18. The van der Waals surface area contributed by atoms with Crippen molar-refractivity contribution < 1.29 is 18.8 Å².